The quantitative estimate of drug-likeness (QED) is 0.204. The van der Waals surface area contributed by atoms with Gasteiger partial charge in [0.2, 0.25) is 0 Å². The van der Waals surface area contributed by atoms with Crippen molar-refractivity contribution < 1.29 is 4.79 Å². The number of hydrogen-bond donors (Lipinski definition) is 1. The Balaban J connectivity index is 0.000000192. The summed E-state index contributed by atoms with van der Waals surface area (Å²) in [6.07, 6.45) is 4.61. The predicted octanol–water partition coefficient (Wildman–Crippen LogP) is 7.46. The summed E-state index contributed by atoms with van der Waals surface area (Å²) in [5.41, 5.74) is 6.85. The average molecular weight is 518 g/mol. The second-order valence-corrected chi connectivity index (χ2v) is 9.52. The molecule has 0 atom stereocenters. The van der Waals surface area contributed by atoms with Gasteiger partial charge in [-0.05, 0) is 48.0 Å². The molecule has 4 rings (SSSR count). The molecular formula is C26H26Cl2N2OS2. The van der Waals surface area contributed by atoms with Gasteiger partial charge in [0, 0.05) is 45.1 Å². The number of nitrogens with zero attached hydrogens (tertiary/aromatic N) is 1. The zero-order chi connectivity index (χ0) is 23.7. The van der Waals surface area contributed by atoms with E-state index >= 15 is 0 Å². The summed E-state index contributed by atoms with van der Waals surface area (Å²) >= 11 is 15.1. The molecule has 0 radical (unpaired) electrons. The van der Waals surface area contributed by atoms with Crippen molar-refractivity contribution in [1.29, 1.82) is 0 Å². The van der Waals surface area contributed by atoms with E-state index in [0.29, 0.717) is 10.6 Å². The van der Waals surface area contributed by atoms with E-state index in [-0.39, 0.29) is 0 Å². The van der Waals surface area contributed by atoms with Gasteiger partial charge in [0.15, 0.2) is 6.29 Å². The Hall–Kier alpha value is -2.28. The summed E-state index contributed by atoms with van der Waals surface area (Å²) in [4.78, 5) is 17.3. The molecule has 2 heterocycles. The van der Waals surface area contributed by atoms with Gasteiger partial charge in [-0.3, -0.25) is 9.79 Å². The smallest absolute Gasteiger partial charge is 0.151 e. The van der Waals surface area contributed by atoms with Crippen LogP contribution in [0, 0.1) is 0 Å². The highest BCUT2D eigenvalue weighted by Crippen LogP contribution is 2.13. The number of benzene rings is 2. The Morgan fingerprint density at radius 1 is 0.758 bits per heavy atom. The van der Waals surface area contributed by atoms with Crippen LogP contribution in [0.2, 0.25) is 10.0 Å². The predicted molar refractivity (Wildman–Crippen MR) is 146 cm³/mol. The van der Waals surface area contributed by atoms with Crippen LogP contribution in [0.15, 0.2) is 88.5 Å². The number of hydrogen-bond acceptors (Lipinski definition) is 5. The summed E-state index contributed by atoms with van der Waals surface area (Å²) in [6.45, 7) is 1.58. The first-order valence-corrected chi connectivity index (χ1v) is 12.8. The van der Waals surface area contributed by atoms with Gasteiger partial charge in [-0.1, -0.05) is 71.7 Å². The zero-order valence-corrected chi connectivity index (χ0v) is 21.2. The van der Waals surface area contributed by atoms with Gasteiger partial charge in [-0.25, -0.2) is 0 Å². The number of thiophene rings is 2. The van der Waals surface area contributed by atoms with Crippen LogP contribution in [0.3, 0.4) is 0 Å². The molecule has 0 saturated carbocycles. The highest BCUT2D eigenvalue weighted by atomic mass is 35.5. The minimum Gasteiger partial charge on any atom is -0.330 e. The van der Waals surface area contributed by atoms with Crippen LogP contribution in [-0.4, -0.2) is 25.6 Å². The molecule has 0 unspecified atom stereocenters. The molecule has 0 saturated heterocycles. The average Bonchev–Trinajstić information content (AvgIpc) is 3.54. The van der Waals surface area contributed by atoms with E-state index in [2.05, 4.69) is 40.0 Å². The van der Waals surface area contributed by atoms with Crippen molar-refractivity contribution in [3.63, 3.8) is 0 Å². The van der Waals surface area contributed by atoms with Crippen LogP contribution in [0.1, 0.15) is 25.7 Å². The molecule has 0 amide bonds. The third-order valence-corrected chi connectivity index (χ3v) is 6.77. The minimum absolute atomic E-state index is 0.507. The number of carbonyl (C=O) groups is 1. The van der Waals surface area contributed by atoms with E-state index in [9.17, 15) is 4.79 Å². The van der Waals surface area contributed by atoms with Crippen molar-refractivity contribution in [1.82, 2.24) is 0 Å². The van der Waals surface area contributed by atoms with E-state index < -0.39 is 0 Å². The molecule has 2 N–H and O–H groups in total. The second-order valence-electron chi connectivity index (χ2n) is 6.64. The van der Waals surface area contributed by atoms with Gasteiger partial charge in [-0.15, -0.1) is 22.7 Å². The topological polar surface area (TPSA) is 55.4 Å². The Labute approximate surface area is 213 Å². The largest absolute Gasteiger partial charge is 0.330 e. The van der Waals surface area contributed by atoms with E-state index in [4.69, 9.17) is 28.9 Å². The lowest BCUT2D eigenvalue weighted by molar-refractivity contribution is 0.112. The van der Waals surface area contributed by atoms with Crippen molar-refractivity contribution in [3.8, 4) is 0 Å². The molecule has 0 aliphatic heterocycles. The fourth-order valence-corrected chi connectivity index (χ4v) is 4.33. The first-order chi connectivity index (χ1) is 16.1. The lowest BCUT2D eigenvalue weighted by Gasteiger charge is -1.96. The summed E-state index contributed by atoms with van der Waals surface area (Å²) in [5.74, 6) is 0. The number of halogens is 2. The van der Waals surface area contributed by atoms with Crippen LogP contribution >= 0.6 is 45.9 Å². The maximum absolute atomic E-state index is 10.1. The summed E-state index contributed by atoms with van der Waals surface area (Å²) in [6, 6.07) is 23.0. The van der Waals surface area contributed by atoms with Crippen molar-refractivity contribution >= 4 is 58.4 Å². The van der Waals surface area contributed by atoms with Crippen molar-refractivity contribution in [3.05, 3.63) is 114 Å². The Bertz CT molecular complexity index is 1080. The maximum atomic E-state index is 10.1. The molecule has 0 aliphatic rings. The summed E-state index contributed by atoms with van der Waals surface area (Å²) in [7, 11) is 0. The van der Waals surface area contributed by atoms with Gasteiger partial charge >= 0.3 is 0 Å². The van der Waals surface area contributed by atoms with E-state index in [1.807, 2.05) is 30.5 Å². The lowest BCUT2D eigenvalue weighted by atomic mass is 10.2. The van der Waals surface area contributed by atoms with Gasteiger partial charge < -0.3 is 5.73 Å². The van der Waals surface area contributed by atoms with E-state index in [1.54, 1.807) is 46.9 Å². The van der Waals surface area contributed by atoms with Gasteiger partial charge in [0.25, 0.3) is 0 Å². The van der Waals surface area contributed by atoms with Crippen molar-refractivity contribution in [2.45, 2.75) is 12.8 Å². The van der Waals surface area contributed by atoms with E-state index in [1.165, 1.54) is 9.75 Å². The molecular weight excluding hydrogens is 491 g/mol. The first-order valence-electron chi connectivity index (χ1n) is 10.3. The molecule has 33 heavy (non-hydrogen) atoms. The van der Waals surface area contributed by atoms with Gasteiger partial charge in [0.05, 0.1) is 5.02 Å². The van der Waals surface area contributed by atoms with Crippen LogP contribution in [0.25, 0.3) is 0 Å². The molecule has 2 aromatic carbocycles. The number of carbonyl (C=O) groups excluding carboxylic acids is 1. The Morgan fingerprint density at radius 2 is 1.30 bits per heavy atom. The fourth-order valence-electron chi connectivity index (χ4n) is 2.54. The van der Waals surface area contributed by atoms with Crippen LogP contribution in [-0.2, 0) is 12.8 Å². The van der Waals surface area contributed by atoms with Crippen LogP contribution in [0.5, 0.6) is 0 Å². The highest BCUT2D eigenvalue weighted by molar-refractivity contribution is 7.10. The third-order valence-electron chi connectivity index (χ3n) is 4.21. The normalized spacial score (nSPS) is 10.2. The molecule has 0 fully saturated rings. The number of nitrogens with two attached hydrogens (primary N) is 1. The van der Waals surface area contributed by atoms with E-state index in [0.717, 1.165) is 42.8 Å². The zero-order valence-electron chi connectivity index (χ0n) is 18.1. The van der Waals surface area contributed by atoms with Gasteiger partial charge in [-0.2, -0.15) is 0 Å². The molecule has 4 aromatic rings. The van der Waals surface area contributed by atoms with Crippen molar-refractivity contribution in [2.75, 3.05) is 13.1 Å². The molecule has 172 valence electrons. The second kappa shape index (κ2) is 16.4. The minimum atomic E-state index is 0.507. The molecule has 0 spiro atoms. The fraction of sp³-hybridized carbons (Fsp3) is 0.154. The Morgan fingerprint density at radius 3 is 1.76 bits per heavy atom. The highest BCUT2D eigenvalue weighted by Gasteiger charge is 1.95. The molecule has 0 bridgehead atoms. The summed E-state index contributed by atoms with van der Waals surface area (Å²) < 4.78 is 0. The third kappa shape index (κ3) is 10.9. The first kappa shape index (κ1) is 27.0. The summed E-state index contributed by atoms with van der Waals surface area (Å²) in [5, 5.41) is 5.42. The lowest BCUT2D eigenvalue weighted by Crippen LogP contribution is -2.00. The molecule has 0 aliphatic carbocycles. The Kier molecular flexibility index (Phi) is 13.4. The van der Waals surface area contributed by atoms with Crippen molar-refractivity contribution in [2.24, 2.45) is 10.7 Å². The number of rotatable bonds is 7. The molecule has 2 aromatic heterocycles. The number of aliphatic imine (C=N–C) groups is 1. The van der Waals surface area contributed by atoms with Gasteiger partial charge in [0.1, 0.15) is 0 Å². The monoisotopic (exact) mass is 516 g/mol. The van der Waals surface area contributed by atoms with Crippen LogP contribution in [0.4, 0.5) is 0 Å². The SMILES string of the molecule is Clc1ccccc1C=NCCc1cccs1.NCCc1cccs1.O=Cc1ccccc1Cl. The van der Waals surface area contributed by atoms with Crippen LogP contribution < -0.4 is 5.73 Å². The molecule has 7 heteroatoms. The standard InChI is InChI=1S/C13H12ClNS.C7H5ClO.C6H9NS/c14-13-6-2-1-4-11(13)10-15-8-7-12-5-3-9-16-12;8-7-4-2-1-3-6(7)5-9;7-4-3-6-2-1-5-8-6/h1-6,9-10H,7-8H2;1-5H;1-2,5H,3-4,7H2. The molecule has 3 nitrogen and oxygen atoms in total. The number of aldehydes is 1. The maximum Gasteiger partial charge on any atom is 0.151 e.